The summed E-state index contributed by atoms with van der Waals surface area (Å²) in [4.78, 5) is 17.3. The Morgan fingerprint density at radius 3 is 2.68 bits per heavy atom. The maximum absolute atomic E-state index is 12.8. The van der Waals surface area contributed by atoms with Gasteiger partial charge in [-0.3, -0.25) is 9.36 Å². The number of amides is 1. The Morgan fingerprint density at radius 2 is 1.94 bits per heavy atom. The molecule has 1 amide bonds. The number of imidazole rings is 1. The van der Waals surface area contributed by atoms with Crippen molar-refractivity contribution in [1.29, 1.82) is 0 Å². The van der Waals surface area contributed by atoms with Crippen molar-refractivity contribution in [2.24, 2.45) is 0 Å². The van der Waals surface area contributed by atoms with Gasteiger partial charge < -0.3 is 14.8 Å². The predicted molar refractivity (Wildman–Crippen MR) is 136 cm³/mol. The molecule has 1 aromatic heterocycles. The highest BCUT2D eigenvalue weighted by Crippen LogP contribution is 2.35. The highest BCUT2D eigenvalue weighted by atomic mass is 32.2. The molecule has 7 heteroatoms. The van der Waals surface area contributed by atoms with Crippen molar-refractivity contribution >= 4 is 17.7 Å². The number of aromatic nitrogens is 2. The van der Waals surface area contributed by atoms with Crippen LogP contribution in [0.2, 0.25) is 0 Å². The van der Waals surface area contributed by atoms with Gasteiger partial charge >= 0.3 is 0 Å². The predicted octanol–water partition coefficient (Wildman–Crippen LogP) is 4.84. The minimum Gasteiger partial charge on any atom is -0.494 e. The maximum Gasteiger partial charge on any atom is 0.230 e. The Balaban J connectivity index is 1.40. The standard InChI is InChI=1S/C27H33N3O3S/c1-4-33-23-10-8-22(9-11-23)27(12-16-32-17-13-27)19-29-25(31)18-34-26-28-14-15-30(26)24-7-5-6-20(2)21(24)3/h5-11,14-15H,4,12-13,16-19H2,1-3H3,(H,29,31). The van der Waals surface area contributed by atoms with Crippen LogP contribution in [0.25, 0.3) is 5.69 Å². The molecule has 0 atom stereocenters. The van der Waals surface area contributed by atoms with Crippen molar-refractivity contribution in [1.82, 2.24) is 14.9 Å². The fourth-order valence-electron chi connectivity index (χ4n) is 4.43. The lowest BCUT2D eigenvalue weighted by atomic mass is 9.74. The summed E-state index contributed by atoms with van der Waals surface area (Å²) in [6.45, 7) is 8.83. The van der Waals surface area contributed by atoms with E-state index in [2.05, 4.69) is 53.0 Å². The number of carbonyl (C=O) groups excluding carboxylic acids is 1. The molecule has 0 spiro atoms. The summed E-state index contributed by atoms with van der Waals surface area (Å²) < 4.78 is 13.3. The third kappa shape index (κ3) is 5.47. The van der Waals surface area contributed by atoms with E-state index in [1.807, 2.05) is 31.3 Å². The molecule has 6 nitrogen and oxygen atoms in total. The fraction of sp³-hybridized carbons (Fsp3) is 0.407. The van der Waals surface area contributed by atoms with Crippen LogP contribution >= 0.6 is 11.8 Å². The zero-order valence-corrected chi connectivity index (χ0v) is 21.0. The summed E-state index contributed by atoms with van der Waals surface area (Å²) in [7, 11) is 0. The smallest absolute Gasteiger partial charge is 0.230 e. The van der Waals surface area contributed by atoms with Gasteiger partial charge in [-0.2, -0.15) is 0 Å². The number of nitrogens with one attached hydrogen (secondary N) is 1. The summed E-state index contributed by atoms with van der Waals surface area (Å²) in [5.41, 5.74) is 4.63. The molecule has 0 bridgehead atoms. The van der Waals surface area contributed by atoms with Gasteiger partial charge in [0.25, 0.3) is 0 Å². The molecule has 0 saturated carbocycles. The molecule has 1 saturated heterocycles. The molecule has 0 unspecified atom stereocenters. The monoisotopic (exact) mass is 479 g/mol. The van der Waals surface area contributed by atoms with E-state index < -0.39 is 0 Å². The number of thioether (sulfide) groups is 1. The van der Waals surface area contributed by atoms with Gasteiger partial charge in [0.1, 0.15) is 5.75 Å². The first-order valence-electron chi connectivity index (χ1n) is 11.8. The van der Waals surface area contributed by atoms with E-state index in [-0.39, 0.29) is 11.3 Å². The Kier molecular flexibility index (Phi) is 7.95. The quantitative estimate of drug-likeness (QED) is 0.445. The van der Waals surface area contributed by atoms with Crippen molar-refractivity contribution in [3.63, 3.8) is 0 Å². The van der Waals surface area contributed by atoms with E-state index in [0.29, 0.717) is 32.1 Å². The zero-order chi connectivity index (χ0) is 24.0. The van der Waals surface area contributed by atoms with Crippen molar-refractivity contribution in [2.75, 3.05) is 32.1 Å². The van der Waals surface area contributed by atoms with Gasteiger partial charge in [0, 0.05) is 37.6 Å². The second-order valence-electron chi connectivity index (χ2n) is 8.71. The Hall–Kier alpha value is -2.77. The highest BCUT2D eigenvalue weighted by Gasteiger charge is 2.35. The summed E-state index contributed by atoms with van der Waals surface area (Å²) in [6.07, 6.45) is 5.49. The Labute approximate surface area is 206 Å². The third-order valence-electron chi connectivity index (χ3n) is 6.63. The van der Waals surface area contributed by atoms with Gasteiger partial charge in [-0.15, -0.1) is 0 Å². The second-order valence-corrected chi connectivity index (χ2v) is 9.66. The molecule has 1 fully saturated rings. The van der Waals surface area contributed by atoms with Crippen LogP contribution in [0.15, 0.2) is 60.0 Å². The molecule has 180 valence electrons. The number of hydrogen-bond donors (Lipinski definition) is 1. The number of carbonyl (C=O) groups is 1. The fourth-order valence-corrected chi connectivity index (χ4v) is 5.22. The third-order valence-corrected chi connectivity index (χ3v) is 7.59. The first-order valence-corrected chi connectivity index (χ1v) is 12.8. The van der Waals surface area contributed by atoms with Gasteiger partial charge in [-0.05, 0) is 68.5 Å². The van der Waals surface area contributed by atoms with E-state index in [1.54, 1.807) is 6.20 Å². The molecule has 1 N–H and O–H groups in total. The molecular formula is C27H33N3O3S. The molecule has 34 heavy (non-hydrogen) atoms. The minimum atomic E-state index is -0.125. The lowest BCUT2D eigenvalue weighted by Gasteiger charge is -2.38. The van der Waals surface area contributed by atoms with E-state index in [4.69, 9.17) is 9.47 Å². The van der Waals surface area contributed by atoms with E-state index in [1.165, 1.54) is 28.5 Å². The summed E-state index contributed by atoms with van der Waals surface area (Å²) >= 11 is 1.46. The van der Waals surface area contributed by atoms with E-state index >= 15 is 0 Å². The Bertz CT molecular complexity index is 1100. The number of nitrogens with zero attached hydrogens (tertiary/aromatic N) is 2. The van der Waals surface area contributed by atoms with Crippen molar-refractivity contribution in [3.8, 4) is 11.4 Å². The number of benzene rings is 2. The van der Waals surface area contributed by atoms with E-state index in [9.17, 15) is 4.79 Å². The van der Waals surface area contributed by atoms with Crippen LogP contribution in [0.4, 0.5) is 0 Å². The topological polar surface area (TPSA) is 65.4 Å². The zero-order valence-electron chi connectivity index (χ0n) is 20.2. The van der Waals surface area contributed by atoms with Gasteiger partial charge in [0.15, 0.2) is 5.16 Å². The largest absolute Gasteiger partial charge is 0.494 e. The van der Waals surface area contributed by atoms with Crippen LogP contribution in [0.3, 0.4) is 0 Å². The maximum atomic E-state index is 12.8. The number of rotatable bonds is 9. The molecule has 1 aliphatic rings. The summed E-state index contributed by atoms with van der Waals surface area (Å²) in [5.74, 6) is 1.20. The van der Waals surface area contributed by atoms with Crippen LogP contribution < -0.4 is 10.1 Å². The van der Waals surface area contributed by atoms with Crippen LogP contribution in [0.1, 0.15) is 36.5 Å². The summed E-state index contributed by atoms with van der Waals surface area (Å²) in [6, 6.07) is 14.5. The van der Waals surface area contributed by atoms with Crippen molar-refractivity contribution in [3.05, 3.63) is 71.5 Å². The van der Waals surface area contributed by atoms with Gasteiger partial charge in [-0.25, -0.2) is 4.98 Å². The second kappa shape index (κ2) is 11.1. The van der Waals surface area contributed by atoms with Crippen LogP contribution in [-0.2, 0) is 14.9 Å². The molecule has 2 heterocycles. The normalized spacial score (nSPS) is 15.1. The molecule has 0 aliphatic carbocycles. The lowest BCUT2D eigenvalue weighted by molar-refractivity contribution is -0.119. The van der Waals surface area contributed by atoms with Crippen LogP contribution in [0.5, 0.6) is 5.75 Å². The first-order chi connectivity index (χ1) is 16.5. The van der Waals surface area contributed by atoms with Gasteiger partial charge in [-0.1, -0.05) is 36.0 Å². The van der Waals surface area contributed by atoms with E-state index in [0.717, 1.165) is 29.4 Å². The van der Waals surface area contributed by atoms with Crippen LogP contribution in [-0.4, -0.2) is 47.6 Å². The Morgan fingerprint density at radius 1 is 1.18 bits per heavy atom. The van der Waals surface area contributed by atoms with Crippen molar-refractivity contribution in [2.45, 2.75) is 44.2 Å². The molecule has 4 rings (SSSR count). The summed E-state index contributed by atoms with van der Waals surface area (Å²) in [5, 5.41) is 4.01. The number of ether oxygens (including phenoxy) is 2. The lowest BCUT2D eigenvalue weighted by Crippen LogP contribution is -2.45. The highest BCUT2D eigenvalue weighted by molar-refractivity contribution is 7.99. The van der Waals surface area contributed by atoms with Crippen molar-refractivity contribution < 1.29 is 14.3 Å². The first kappa shape index (κ1) is 24.4. The minimum absolute atomic E-state index is 0.0114. The SMILES string of the molecule is CCOc1ccc(C2(CNC(=O)CSc3nccn3-c3cccc(C)c3C)CCOCC2)cc1. The number of aryl methyl sites for hydroxylation is 1. The average molecular weight is 480 g/mol. The van der Waals surface area contributed by atoms with Gasteiger partial charge in [0.05, 0.1) is 18.0 Å². The number of hydrogen-bond acceptors (Lipinski definition) is 5. The van der Waals surface area contributed by atoms with Crippen LogP contribution in [0, 0.1) is 13.8 Å². The molecule has 3 aromatic rings. The molecule has 2 aromatic carbocycles. The molecule has 0 radical (unpaired) electrons. The molecule has 1 aliphatic heterocycles. The molecular weight excluding hydrogens is 446 g/mol. The van der Waals surface area contributed by atoms with Gasteiger partial charge in [0.2, 0.25) is 5.91 Å². The average Bonchev–Trinajstić information content (AvgIpc) is 3.33.